The smallest absolute Gasteiger partial charge is 0.211 e. The largest absolute Gasteiger partial charge is 0.235 e. The SMILES string of the molecule is O=C=NC1(c2cc(Br)c(F)c(F)c2F)CCC1. The highest BCUT2D eigenvalue weighted by Crippen LogP contribution is 2.47. The summed E-state index contributed by atoms with van der Waals surface area (Å²) in [6.07, 6.45) is 2.97. The molecule has 2 rings (SSSR count). The first-order valence-corrected chi connectivity index (χ1v) is 5.73. The summed E-state index contributed by atoms with van der Waals surface area (Å²) in [5.74, 6) is -4.12. The van der Waals surface area contributed by atoms with Crippen LogP contribution in [0.4, 0.5) is 13.2 Å². The minimum absolute atomic E-state index is 0.0992. The highest BCUT2D eigenvalue weighted by atomic mass is 79.9. The van der Waals surface area contributed by atoms with Gasteiger partial charge in [-0.1, -0.05) is 0 Å². The molecule has 0 amide bonds. The van der Waals surface area contributed by atoms with Crippen molar-refractivity contribution in [2.75, 3.05) is 0 Å². The van der Waals surface area contributed by atoms with Gasteiger partial charge in [-0.3, -0.25) is 0 Å². The summed E-state index contributed by atoms with van der Waals surface area (Å²) in [4.78, 5) is 13.9. The van der Waals surface area contributed by atoms with Gasteiger partial charge in [0.25, 0.3) is 0 Å². The molecule has 0 aromatic heterocycles. The monoisotopic (exact) mass is 305 g/mol. The minimum Gasteiger partial charge on any atom is -0.211 e. The van der Waals surface area contributed by atoms with Gasteiger partial charge in [-0.2, -0.15) is 4.99 Å². The molecular weight excluding hydrogens is 299 g/mol. The van der Waals surface area contributed by atoms with Crippen LogP contribution < -0.4 is 0 Å². The molecule has 0 N–H and O–H groups in total. The highest BCUT2D eigenvalue weighted by molar-refractivity contribution is 9.10. The van der Waals surface area contributed by atoms with E-state index in [1.54, 1.807) is 0 Å². The molecule has 6 heteroatoms. The van der Waals surface area contributed by atoms with Crippen molar-refractivity contribution in [1.82, 2.24) is 0 Å². The fraction of sp³-hybridized carbons (Fsp3) is 0.364. The maximum Gasteiger partial charge on any atom is 0.235 e. The molecule has 0 heterocycles. The average molecular weight is 306 g/mol. The van der Waals surface area contributed by atoms with Gasteiger partial charge in [0.15, 0.2) is 17.5 Å². The molecule has 1 aromatic rings. The Hall–Kier alpha value is -1.13. The van der Waals surface area contributed by atoms with Gasteiger partial charge in [-0.05, 0) is 41.3 Å². The van der Waals surface area contributed by atoms with E-state index in [1.807, 2.05) is 0 Å². The molecule has 0 atom stereocenters. The summed E-state index contributed by atoms with van der Waals surface area (Å²) >= 11 is 2.81. The van der Waals surface area contributed by atoms with Gasteiger partial charge < -0.3 is 0 Å². The van der Waals surface area contributed by atoms with Gasteiger partial charge >= 0.3 is 0 Å². The van der Waals surface area contributed by atoms with Crippen molar-refractivity contribution in [2.45, 2.75) is 24.8 Å². The van der Waals surface area contributed by atoms with Crippen LogP contribution in [0.1, 0.15) is 24.8 Å². The molecule has 17 heavy (non-hydrogen) atoms. The van der Waals surface area contributed by atoms with Crippen molar-refractivity contribution in [2.24, 2.45) is 4.99 Å². The first kappa shape index (κ1) is 12.3. The Balaban J connectivity index is 2.63. The number of halogens is 4. The molecule has 1 saturated carbocycles. The van der Waals surface area contributed by atoms with Crippen molar-refractivity contribution in [1.29, 1.82) is 0 Å². The Bertz CT molecular complexity index is 522. The van der Waals surface area contributed by atoms with Crippen molar-refractivity contribution in [3.05, 3.63) is 33.6 Å². The summed E-state index contributed by atoms with van der Waals surface area (Å²) in [5, 5.41) is 0. The number of hydrogen-bond acceptors (Lipinski definition) is 2. The molecule has 1 aliphatic carbocycles. The van der Waals surface area contributed by atoms with Crippen LogP contribution in [0.5, 0.6) is 0 Å². The minimum atomic E-state index is -1.55. The zero-order valence-electron chi connectivity index (χ0n) is 8.57. The fourth-order valence-corrected chi connectivity index (χ4v) is 2.35. The van der Waals surface area contributed by atoms with Crippen LogP contribution in [0, 0.1) is 17.5 Å². The molecule has 90 valence electrons. The summed E-state index contributed by atoms with van der Waals surface area (Å²) in [5.41, 5.74) is -1.18. The lowest BCUT2D eigenvalue weighted by Gasteiger charge is -2.37. The van der Waals surface area contributed by atoms with Gasteiger partial charge in [0.2, 0.25) is 6.08 Å². The van der Waals surface area contributed by atoms with E-state index >= 15 is 0 Å². The van der Waals surface area contributed by atoms with Crippen LogP contribution in [0.3, 0.4) is 0 Å². The maximum absolute atomic E-state index is 13.7. The molecule has 2 nitrogen and oxygen atoms in total. The number of hydrogen-bond donors (Lipinski definition) is 0. The van der Waals surface area contributed by atoms with Crippen molar-refractivity contribution in [3.63, 3.8) is 0 Å². The van der Waals surface area contributed by atoms with Crippen LogP contribution >= 0.6 is 15.9 Å². The maximum atomic E-state index is 13.7. The van der Waals surface area contributed by atoms with E-state index < -0.39 is 23.0 Å². The van der Waals surface area contributed by atoms with Crippen molar-refractivity contribution >= 4 is 22.0 Å². The lowest BCUT2D eigenvalue weighted by molar-refractivity contribution is 0.243. The molecule has 0 saturated heterocycles. The molecule has 0 radical (unpaired) electrons. The van der Waals surface area contributed by atoms with Gasteiger partial charge in [0, 0.05) is 5.56 Å². The van der Waals surface area contributed by atoms with Gasteiger partial charge in [0.05, 0.1) is 4.47 Å². The third kappa shape index (κ3) is 1.81. The molecule has 0 bridgehead atoms. The Morgan fingerprint density at radius 2 is 1.88 bits per heavy atom. The van der Waals surface area contributed by atoms with Crippen LogP contribution in [0.15, 0.2) is 15.5 Å². The molecule has 1 aromatic carbocycles. The van der Waals surface area contributed by atoms with E-state index in [4.69, 9.17) is 0 Å². The first-order chi connectivity index (χ1) is 8.02. The predicted octanol–water partition coefficient (Wildman–Crippen LogP) is 3.58. The number of rotatable bonds is 2. The molecule has 0 aliphatic heterocycles. The standard InChI is InChI=1S/C11H7BrF3NO/c12-7-4-6(8(13)10(15)9(7)14)11(16-5-17)2-1-3-11/h4H,1-3H2. The zero-order chi connectivity index (χ0) is 12.6. The normalized spacial score (nSPS) is 17.2. The second kappa shape index (κ2) is 4.27. The second-order valence-corrected chi connectivity index (χ2v) is 4.79. The first-order valence-electron chi connectivity index (χ1n) is 4.94. The number of isocyanates is 1. The van der Waals surface area contributed by atoms with Crippen molar-refractivity contribution in [3.8, 4) is 0 Å². The summed E-state index contributed by atoms with van der Waals surface area (Å²) in [6, 6.07) is 1.13. The average Bonchev–Trinajstić information content (AvgIpc) is 2.26. The second-order valence-electron chi connectivity index (χ2n) is 3.94. The zero-order valence-corrected chi connectivity index (χ0v) is 10.2. The number of aliphatic imine (C=N–C) groups is 1. The summed E-state index contributed by atoms with van der Waals surface area (Å²) < 4.78 is 39.8. The third-order valence-corrected chi connectivity index (χ3v) is 3.62. The Kier molecular flexibility index (Phi) is 3.10. The molecule has 1 fully saturated rings. The molecule has 0 unspecified atom stereocenters. The van der Waals surface area contributed by atoms with Crippen molar-refractivity contribution < 1.29 is 18.0 Å². The lowest BCUT2D eigenvalue weighted by atomic mass is 9.72. The predicted molar refractivity (Wildman–Crippen MR) is 57.7 cm³/mol. The highest BCUT2D eigenvalue weighted by Gasteiger charge is 2.42. The number of nitrogens with zero attached hydrogens (tertiary/aromatic N) is 1. The molecular formula is C11H7BrF3NO. The van der Waals surface area contributed by atoms with E-state index in [-0.39, 0.29) is 10.0 Å². The van der Waals surface area contributed by atoms with Crippen LogP contribution in [-0.2, 0) is 10.3 Å². The van der Waals surface area contributed by atoms with E-state index in [2.05, 4.69) is 20.9 Å². The van der Waals surface area contributed by atoms with E-state index in [0.29, 0.717) is 12.8 Å². The summed E-state index contributed by atoms with van der Waals surface area (Å²) in [7, 11) is 0. The van der Waals surface area contributed by atoms with E-state index in [9.17, 15) is 18.0 Å². The number of benzene rings is 1. The summed E-state index contributed by atoms with van der Waals surface area (Å²) in [6.45, 7) is 0. The Morgan fingerprint density at radius 3 is 2.35 bits per heavy atom. The van der Waals surface area contributed by atoms with E-state index in [1.165, 1.54) is 6.08 Å². The molecule has 0 spiro atoms. The lowest BCUT2D eigenvalue weighted by Crippen LogP contribution is -2.33. The van der Waals surface area contributed by atoms with Gasteiger partial charge in [-0.25, -0.2) is 18.0 Å². The van der Waals surface area contributed by atoms with E-state index in [0.717, 1.165) is 12.5 Å². The third-order valence-electron chi connectivity index (χ3n) is 3.04. The van der Waals surface area contributed by atoms with Crippen LogP contribution in [0.25, 0.3) is 0 Å². The van der Waals surface area contributed by atoms with Gasteiger partial charge in [0.1, 0.15) is 5.54 Å². The number of carbonyl (C=O) groups excluding carboxylic acids is 1. The molecule has 1 aliphatic rings. The quantitative estimate of drug-likeness (QED) is 0.355. The van der Waals surface area contributed by atoms with Gasteiger partial charge in [-0.15, -0.1) is 0 Å². The Morgan fingerprint density at radius 1 is 1.24 bits per heavy atom. The Labute approximate surface area is 104 Å². The van der Waals surface area contributed by atoms with Crippen LogP contribution in [0.2, 0.25) is 0 Å². The van der Waals surface area contributed by atoms with Crippen LogP contribution in [-0.4, -0.2) is 6.08 Å². The topological polar surface area (TPSA) is 29.4 Å². The fourth-order valence-electron chi connectivity index (χ4n) is 1.95.